The molecule has 0 bridgehead atoms. The molecule has 2 N–H and O–H groups in total. The molecule has 0 aromatic rings. The van der Waals surface area contributed by atoms with E-state index in [1.165, 1.54) is 5.57 Å². The Labute approximate surface area is 74.5 Å². The standard InChI is InChI=1S/C9H19NO2/c1-8(2)6-9(10)7-12-5-4-11-3/h6,9H,4-5,7,10H2,1-3H3. The highest BCUT2D eigenvalue weighted by Gasteiger charge is 1.97. The lowest BCUT2D eigenvalue weighted by Gasteiger charge is -2.07. The summed E-state index contributed by atoms with van der Waals surface area (Å²) in [5, 5.41) is 0. The molecule has 1 unspecified atom stereocenters. The van der Waals surface area contributed by atoms with E-state index in [-0.39, 0.29) is 6.04 Å². The first-order valence-electron chi connectivity index (χ1n) is 4.14. The van der Waals surface area contributed by atoms with Gasteiger partial charge in [-0.05, 0) is 13.8 Å². The molecular weight excluding hydrogens is 154 g/mol. The maximum Gasteiger partial charge on any atom is 0.0701 e. The van der Waals surface area contributed by atoms with Gasteiger partial charge in [-0.15, -0.1) is 0 Å². The Balaban J connectivity index is 3.32. The lowest BCUT2D eigenvalue weighted by atomic mass is 10.2. The van der Waals surface area contributed by atoms with Gasteiger partial charge in [0.15, 0.2) is 0 Å². The number of ether oxygens (including phenoxy) is 2. The molecule has 72 valence electrons. The summed E-state index contributed by atoms with van der Waals surface area (Å²) < 4.78 is 10.1. The molecule has 0 saturated carbocycles. The predicted molar refractivity (Wildman–Crippen MR) is 50.1 cm³/mol. The highest BCUT2D eigenvalue weighted by Crippen LogP contribution is 1.92. The van der Waals surface area contributed by atoms with Crippen LogP contribution in [-0.2, 0) is 9.47 Å². The quantitative estimate of drug-likeness (QED) is 0.480. The highest BCUT2D eigenvalue weighted by molar-refractivity contribution is 4.99. The van der Waals surface area contributed by atoms with Crippen molar-refractivity contribution in [3.63, 3.8) is 0 Å². The molecule has 0 aromatic heterocycles. The molecule has 0 fully saturated rings. The first kappa shape index (κ1) is 11.6. The van der Waals surface area contributed by atoms with Crippen molar-refractivity contribution in [3.8, 4) is 0 Å². The fourth-order valence-electron chi connectivity index (χ4n) is 0.838. The van der Waals surface area contributed by atoms with Crippen molar-refractivity contribution in [2.24, 2.45) is 5.73 Å². The van der Waals surface area contributed by atoms with Gasteiger partial charge in [0.05, 0.1) is 19.8 Å². The van der Waals surface area contributed by atoms with Crippen LogP contribution < -0.4 is 5.73 Å². The van der Waals surface area contributed by atoms with Crippen molar-refractivity contribution in [1.29, 1.82) is 0 Å². The van der Waals surface area contributed by atoms with Gasteiger partial charge in [-0.2, -0.15) is 0 Å². The largest absolute Gasteiger partial charge is 0.382 e. The van der Waals surface area contributed by atoms with Gasteiger partial charge in [-0.1, -0.05) is 11.6 Å². The van der Waals surface area contributed by atoms with Gasteiger partial charge in [0.1, 0.15) is 0 Å². The number of rotatable bonds is 6. The summed E-state index contributed by atoms with van der Waals surface area (Å²) in [4.78, 5) is 0. The molecule has 12 heavy (non-hydrogen) atoms. The van der Waals surface area contributed by atoms with E-state index in [1.807, 2.05) is 19.9 Å². The van der Waals surface area contributed by atoms with Crippen molar-refractivity contribution in [2.75, 3.05) is 26.9 Å². The molecule has 0 aliphatic carbocycles. The summed E-state index contributed by atoms with van der Waals surface area (Å²) in [5.41, 5.74) is 6.93. The second kappa shape index (κ2) is 7.28. The van der Waals surface area contributed by atoms with Crippen LogP contribution in [0.25, 0.3) is 0 Å². The second-order valence-corrected chi connectivity index (χ2v) is 2.98. The molecule has 0 radical (unpaired) electrons. The summed E-state index contributed by atoms with van der Waals surface area (Å²) in [5.74, 6) is 0. The van der Waals surface area contributed by atoms with Gasteiger partial charge in [-0.25, -0.2) is 0 Å². The summed E-state index contributed by atoms with van der Waals surface area (Å²) in [6.45, 7) is 5.85. The van der Waals surface area contributed by atoms with Crippen LogP contribution >= 0.6 is 0 Å². The van der Waals surface area contributed by atoms with E-state index >= 15 is 0 Å². The molecule has 3 heteroatoms. The van der Waals surface area contributed by atoms with E-state index in [0.717, 1.165) is 0 Å². The van der Waals surface area contributed by atoms with Gasteiger partial charge in [0, 0.05) is 13.2 Å². The van der Waals surface area contributed by atoms with Gasteiger partial charge in [0.2, 0.25) is 0 Å². The minimum atomic E-state index is 0.00635. The monoisotopic (exact) mass is 173 g/mol. The number of methoxy groups -OCH3 is 1. The first-order valence-corrected chi connectivity index (χ1v) is 4.14. The Bertz CT molecular complexity index is 130. The molecule has 1 atom stereocenters. The minimum absolute atomic E-state index is 0.00635. The van der Waals surface area contributed by atoms with E-state index < -0.39 is 0 Å². The number of hydrogen-bond acceptors (Lipinski definition) is 3. The zero-order chi connectivity index (χ0) is 9.40. The molecule has 0 saturated heterocycles. The maximum atomic E-state index is 5.71. The lowest BCUT2D eigenvalue weighted by Crippen LogP contribution is -2.24. The lowest BCUT2D eigenvalue weighted by molar-refractivity contribution is 0.0683. The van der Waals surface area contributed by atoms with Gasteiger partial charge >= 0.3 is 0 Å². The van der Waals surface area contributed by atoms with Crippen molar-refractivity contribution in [2.45, 2.75) is 19.9 Å². The third-order valence-electron chi connectivity index (χ3n) is 1.29. The van der Waals surface area contributed by atoms with Crippen LogP contribution in [0.3, 0.4) is 0 Å². The number of hydrogen-bond donors (Lipinski definition) is 1. The molecule has 0 rings (SSSR count). The molecule has 0 aromatic carbocycles. The SMILES string of the molecule is COCCOCC(N)C=C(C)C. The summed E-state index contributed by atoms with van der Waals surface area (Å²) in [6.07, 6.45) is 1.99. The number of nitrogens with two attached hydrogens (primary N) is 1. The summed E-state index contributed by atoms with van der Waals surface area (Å²) in [7, 11) is 1.65. The van der Waals surface area contributed by atoms with Crippen LogP contribution in [0.15, 0.2) is 11.6 Å². The molecule has 3 nitrogen and oxygen atoms in total. The van der Waals surface area contributed by atoms with E-state index in [0.29, 0.717) is 19.8 Å². The molecule has 0 spiro atoms. The fraction of sp³-hybridized carbons (Fsp3) is 0.778. The Morgan fingerprint density at radius 3 is 2.58 bits per heavy atom. The van der Waals surface area contributed by atoms with Crippen molar-refractivity contribution in [3.05, 3.63) is 11.6 Å². The van der Waals surface area contributed by atoms with Crippen molar-refractivity contribution in [1.82, 2.24) is 0 Å². The van der Waals surface area contributed by atoms with Crippen LogP contribution in [0.4, 0.5) is 0 Å². The Kier molecular flexibility index (Phi) is 7.05. The van der Waals surface area contributed by atoms with Crippen LogP contribution in [0.5, 0.6) is 0 Å². The maximum absolute atomic E-state index is 5.71. The smallest absolute Gasteiger partial charge is 0.0701 e. The zero-order valence-corrected chi connectivity index (χ0v) is 8.17. The Hall–Kier alpha value is -0.380. The van der Waals surface area contributed by atoms with Crippen molar-refractivity contribution < 1.29 is 9.47 Å². The van der Waals surface area contributed by atoms with Gasteiger partial charge in [-0.3, -0.25) is 0 Å². The van der Waals surface area contributed by atoms with E-state index in [1.54, 1.807) is 7.11 Å². The molecular formula is C9H19NO2. The van der Waals surface area contributed by atoms with Crippen LogP contribution in [0, 0.1) is 0 Å². The van der Waals surface area contributed by atoms with E-state index in [4.69, 9.17) is 15.2 Å². The summed E-state index contributed by atoms with van der Waals surface area (Å²) in [6, 6.07) is 0.00635. The first-order chi connectivity index (χ1) is 5.66. The zero-order valence-electron chi connectivity index (χ0n) is 8.17. The highest BCUT2D eigenvalue weighted by atomic mass is 16.5. The van der Waals surface area contributed by atoms with E-state index in [2.05, 4.69) is 0 Å². The van der Waals surface area contributed by atoms with Crippen molar-refractivity contribution >= 4 is 0 Å². The molecule has 0 heterocycles. The third kappa shape index (κ3) is 7.72. The topological polar surface area (TPSA) is 44.5 Å². The second-order valence-electron chi connectivity index (χ2n) is 2.98. The van der Waals surface area contributed by atoms with Crippen LogP contribution in [0.1, 0.15) is 13.8 Å². The van der Waals surface area contributed by atoms with Gasteiger partial charge in [0.25, 0.3) is 0 Å². The van der Waals surface area contributed by atoms with Crippen LogP contribution in [0.2, 0.25) is 0 Å². The molecule has 0 amide bonds. The molecule has 0 aliphatic heterocycles. The van der Waals surface area contributed by atoms with Crippen LogP contribution in [-0.4, -0.2) is 33.0 Å². The third-order valence-corrected chi connectivity index (χ3v) is 1.29. The van der Waals surface area contributed by atoms with E-state index in [9.17, 15) is 0 Å². The Morgan fingerprint density at radius 2 is 2.08 bits per heavy atom. The van der Waals surface area contributed by atoms with Gasteiger partial charge < -0.3 is 15.2 Å². The fourth-order valence-corrected chi connectivity index (χ4v) is 0.838. The Morgan fingerprint density at radius 1 is 1.42 bits per heavy atom. The predicted octanol–water partition coefficient (Wildman–Crippen LogP) is 0.943. The average Bonchev–Trinajstić information content (AvgIpc) is 1.97. The minimum Gasteiger partial charge on any atom is -0.382 e. The normalized spacial score (nSPS) is 12.7. The summed E-state index contributed by atoms with van der Waals surface area (Å²) >= 11 is 0. The number of allylic oxidation sites excluding steroid dienone is 1. The molecule has 0 aliphatic rings. The average molecular weight is 173 g/mol.